The second-order valence-corrected chi connectivity index (χ2v) is 8.69. The van der Waals surface area contributed by atoms with E-state index in [9.17, 15) is 0 Å². The van der Waals surface area contributed by atoms with E-state index < -0.39 is 0 Å². The van der Waals surface area contributed by atoms with Gasteiger partial charge in [-0.1, -0.05) is 26.7 Å². The van der Waals surface area contributed by atoms with Crippen LogP contribution >= 0.6 is 24.0 Å². The van der Waals surface area contributed by atoms with Crippen molar-refractivity contribution in [2.24, 2.45) is 16.3 Å². The molecule has 1 atom stereocenters. The molecule has 1 saturated carbocycles. The third-order valence-corrected chi connectivity index (χ3v) is 6.32. The number of morpholine rings is 1. The Morgan fingerprint density at radius 1 is 1.14 bits per heavy atom. The van der Waals surface area contributed by atoms with Crippen LogP contribution in [0, 0.1) is 11.3 Å². The van der Waals surface area contributed by atoms with E-state index in [0.29, 0.717) is 17.4 Å². The summed E-state index contributed by atoms with van der Waals surface area (Å²) in [6.45, 7) is 17.0. The highest BCUT2D eigenvalue weighted by molar-refractivity contribution is 14.0. The molecule has 1 unspecified atom stereocenters. The van der Waals surface area contributed by atoms with E-state index >= 15 is 0 Å². The number of ether oxygens (including phenoxy) is 2. The van der Waals surface area contributed by atoms with Gasteiger partial charge in [-0.05, 0) is 44.4 Å². The van der Waals surface area contributed by atoms with Gasteiger partial charge in [-0.15, -0.1) is 24.0 Å². The van der Waals surface area contributed by atoms with Crippen molar-refractivity contribution in [2.75, 3.05) is 59.2 Å². The normalized spacial score (nSPS) is 21.1. The van der Waals surface area contributed by atoms with Crippen molar-refractivity contribution in [1.29, 1.82) is 0 Å². The first kappa shape index (κ1) is 26.9. The van der Waals surface area contributed by atoms with Gasteiger partial charge in [0.25, 0.3) is 0 Å². The van der Waals surface area contributed by atoms with E-state index in [4.69, 9.17) is 14.5 Å². The molecule has 0 aromatic heterocycles. The molecule has 2 rings (SSSR count). The van der Waals surface area contributed by atoms with Crippen LogP contribution < -0.4 is 10.6 Å². The Hall–Kier alpha value is -0.120. The van der Waals surface area contributed by atoms with Crippen molar-refractivity contribution < 1.29 is 9.47 Å². The summed E-state index contributed by atoms with van der Waals surface area (Å²) >= 11 is 0. The maximum Gasteiger partial charge on any atom is 0.191 e. The lowest BCUT2D eigenvalue weighted by Crippen LogP contribution is -2.52. The zero-order valence-electron chi connectivity index (χ0n) is 19.2. The Labute approximate surface area is 196 Å². The lowest BCUT2D eigenvalue weighted by Gasteiger charge is -2.37. The SMILES string of the molecule is CCNC(=NCC1(CCOCC)CCCC1)NCC(C(C)C)N1CCOCC1.I. The summed E-state index contributed by atoms with van der Waals surface area (Å²) in [6, 6.07) is 0.506. The van der Waals surface area contributed by atoms with Crippen LogP contribution in [0.4, 0.5) is 0 Å². The zero-order valence-corrected chi connectivity index (χ0v) is 21.5. The summed E-state index contributed by atoms with van der Waals surface area (Å²) in [6.07, 6.45) is 6.36. The van der Waals surface area contributed by atoms with Crippen molar-refractivity contribution in [3.63, 3.8) is 0 Å². The molecular formula is C22H45IN4O2. The molecule has 1 saturated heterocycles. The van der Waals surface area contributed by atoms with Gasteiger partial charge in [0.15, 0.2) is 5.96 Å². The number of rotatable bonds is 11. The summed E-state index contributed by atoms with van der Waals surface area (Å²) in [5.41, 5.74) is 0.333. The maximum atomic E-state index is 5.65. The summed E-state index contributed by atoms with van der Waals surface area (Å²) in [5.74, 6) is 1.56. The Morgan fingerprint density at radius 3 is 2.41 bits per heavy atom. The van der Waals surface area contributed by atoms with Gasteiger partial charge in [0.1, 0.15) is 0 Å². The van der Waals surface area contributed by atoms with Crippen LogP contribution in [-0.2, 0) is 9.47 Å². The van der Waals surface area contributed by atoms with E-state index in [1.54, 1.807) is 0 Å². The predicted molar refractivity (Wildman–Crippen MR) is 132 cm³/mol. The van der Waals surface area contributed by atoms with Crippen LogP contribution in [0.5, 0.6) is 0 Å². The third-order valence-electron chi connectivity index (χ3n) is 6.32. The Balaban J connectivity index is 0.00000420. The van der Waals surface area contributed by atoms with Crippen LogP contribution in [-0.4, -0.2) is 76.1 Å². The van der Waals surface area contributed by atoms with Gasteiger partial charge in [0, 0.05) is 52.0 Å². The first-order valence-corrected chi connectivity index (χ1v) is 11.5. The number of nitrogens with zero attached hydrogens (tertiary/aromatic N) is 2. The molecule has 29 heavy (non-hydrogen) atoms. The highest BCUT2D eigenvalue weighted by Crippen LogP contribution is 2.41. The van der Waals surface area contributed by atoms with Gasteiger partial charge in [0.05, 0.1) is 13.2 Å². The number of hydrogen-bond donors (Lipinski definition) is 2. The topological polar surface area (TPSA) is 58.1 Å². The van der Waals surface area contributed by atoms with Crippen molar-refractivity contribution in [2.45, 2.75) is 65.8 Å². The molecule has 2 aliphatic rings. The van der Waals surface area contributed by atoms with Crippen molar-refractivity contribution in [1.82, 2.24) is 15.5 Å². The smallest absolute Gasteiger partial charge is 0.191 e. The molecule has 0 radical (unpaired) electrons. The second-order valence-electron chi connectivity index (χ2n) is 8.69. The molecular weight excluding hydrogens is 479 g/mol. The minimum absolute atomic E-state index is 0. The minimum Gasteiger partial charge on any atom is -0.382 e. The molecule has 172 valence electrons. The van der Waals surface area contributed by atoms with Crippen LogP contribution in [0.3, 0.4) is 0 Å². The molecule has 1 aliphatic heterocycles. The summed E-state index contributed by atoms with van der Waals surface area (Å²) in [7, 11) is 0. The number of nitrogens with one attached hydrogen (secondary N) is 2. The fourth-order valence-electron chi connectivity index (χ4n) is 4.53. The highest BCUT2D eigenvalue weighted by atomic mass is 127. The summed E-state index contributed by atoms with van der Waals surface area (Å²) in [5, 5.41) is 7.09. The van der Waals surface area contributed by atoms with E-state index in [1.807, 2.05) is 0 Å². The van der Waals surface area contributed by atoms with E-state index in [-0.39, 0.29) is 24.0 Å². The number of guanidine groups is 1. The fourth-order valence-corrected chi connectivity index (χ4v) is 4.53. The molecule has 0 amide bonds. The van der Waals surface area contributed by atoms with Gasteiger partial charge in [-0.2, -0.15) is 0 Å². The fraction of sp³-hybridized carbons (Fsp3) is 0.955. The monoisotopic (exact) mass is 524 g/mol. The highest BCUT2D eigenvalue weighted by Gasteiger charge is 2.33. The largest absolute Gasteiger partial charge is 0.382 e. The van der Waals surface area contributed by atoms with Gasteiger partial charge < -0.3 is 20.1 Å². The summed E-state index contributed by atoms with van der Waals surface area (Å²) < 4.78 is 11.2. The number of aliphatic imine (C=N–C) groups is 1. The first-order valence-electron chi connectivity index (χ1n) is 11.5. The third kappa shape index (κ3) is 9.27. The lowest BCUT2D eigenvalue weighted by atomic mass is 9.83. The molecule has 0 spiro atoms. The van der Waals surface area contributed by atoms with Gasteiger partial charge in [-0.3, -0.25) is 9.89 Å². The maximum absolute atomic E-state index is 5.65. The molecule has 1 heterocycles. The van der Waals surface area contributed by atoms with Crippen LogP contribution in [0.2, 0.25) is 0 Å². The van der Waals surface area contributed by atoms with E-state index in [2.05, 4.69) is 43.2 Å². The predicted octanol–water partition coefficient (Wildman–Crippen LogP) is 3.50. The second kappa shape index (κ2) is 14.8. The average Bonchev–Trinajstić information content (AvgIpc) is 3.16. The standard InChI is InChI=1S/C22H44N4O2.HI/c1-5-23-21(24-17-20(19(3)4)26-12-15-28-16-13-26)25-18-22(9-7-8-10-22)11-14-27-6-2;/h19-20H,5-18H2,1-4H3,(H2,23,24,25);1H. The molecule has 0 aromatic rings. The van der Waals surface area contributed by atoms with Gasteiger partial charge in [0.2, 0.25) is 0 Å². The average molecular weight is 525 g/mol. The molecule has 2 fully saturated rings. The molecule has 1 aliphatic carbocycles. The first-order chi connectivity index (χ1) is 13.6. The van der Waals surface area contributed by atoms with E-state index in [1.165, 1.54) is 25.7 Å². The summed E-state index contributed by atoms with van der Waals surface area (Å²) in [4.78, 5) is 7.58. The van der Waals surface area contributed by atoms with Crippen LogP contribution in [0.15, 0.2) is 4.99 Å². The zero-order chi connectivity index (χ0) is 20.2. The molecule has 0 aromatic carbocycles. The molecule has 2 N–H and O–H groups in total. The molecule has 7 heteroatoms. The minimum atomic E-state index is 0. The van der Waals surface area contributed by atoms with E-state index in [0.717, 1.165) is 71.5 Å². The Kier molecular flexibility index (Phi) is 13.7. The van der Waals surface area contributed by atoms with Gasteiger partial charge >= 0.3 is 0 Å². The number of hydrogen-bond acceptors (Lipinski definition) is 4. The quantitative estimate of drug-likeness (QED) is 0.188. The van der Waals surface area contributed by atoms with Crippen molar-refractivity contribution >= 4 is 29.9 Å². The van der Waals surface area contributed by atoms with Crippen LogP contribution in [0.25, 0.3) is 0 Å². The van der Waals surface area contributed by atoms with Crippen LogP contribution in [0.1, 0.15) is 59.8 Å². The van der Waals surface area contributed by atoms with Gasteiger partial charge in [-0.25, -0.2) is 0 Å². The molecule has 0 bridgehead atoms. The lowest BCUT2D eigenvalue weighted by molar-refractivity contribution is 0.00751. The number of halogens is 1. The van der Waals surface area contributed by atoms with Crippen molar-refractivity contribution in [3.05, 3.63) is 0 Å². The molecule has 6 nitrogen and oxygen atoms in total. The van der Waals surface area contributed by atoms with Crippen molar-refractivity contribution in [3.8, 4) is 0 Å². The Morgan fingerprint density at radius 2 is 1.83 bits per heavy atom. The Bertz CT molecular complexity index is 450.